The Bertz CT molecular complexity index is 728. The molecule has 3 fully saturated rings. The first-order chi connectivity index (χ1) is 12.8. The van der Waals surface area contributed by atoms with Crippen LogP contribution in [0.1, 0.15) is 65.5 Å². The molecular weight excluding hydrogens is 338 g/mol. The fourth-order valence-corrected chi connectivity index (χ4v) is 6.38. The minimum Gasteiger partial charge on any atom is -0.491 e. The molecule has 2 saturated carbocycles. The van der Waals surface area contributed by atoms with E-state index in [2.05, 4.69) is 51.2 Å². The summed E-state index contributed by atoms with van der Waals surface area (Å²) in [6, 6.07) is 8.55. The third-order valence-corrected chi connectivity index (χ3v) is 7.44. The van der Waals surface area contributed by atoms with Crippen molar-refractivity contribution >= 4 is 5.91 Å². The van der Waals surface area contributed by atoms with Gasteiger partial charge in [0.15, 0.2) is 0 Å². The molecule has 1 aliphatic heterocycles. The first-order valence-corrected chi connectivity index (χ1v) is 10.4. The highest BCUT2D eigenvalue weighted by molar-refractivity contribution is 5.73. The second-order valence-corrected chi connectivity index (χ2v) is 9.68. The maximum Gasteiger partial charge on any atom is 0.217 e. The molecule has 4 heteroatoms. The highest BCUT2D eigenvalue weighted by Gasteiger charge is 2.68. The quantitative estimate of drug-likeness (QED) is 0.848. The summed E-state index contributed by atoms with van der Waals surface area (Å²) in [7, 11) is 0. The maximum atomic E-state index is 12.0. The number of hydrogen-bond acceptors (Lipinski definition) is 3. The summed E-state index contributed by atoms with van der Waals surface area (Å²) >= 11 is 0. The van der Waals surface area contributed by atoms with Gasteiger partial charge in [-0.2, -0.15) is 0 Å². The molecule has 2 bridgehead atoms. The van der Waals surface area contributed by atoms with Crippen molar-refractivity contribution in [2.45, 2.75) is 72.1 Å². The minimum absolute atomic E-state index is 0.0473. The number of para-hydroxylation sites is 1. The molecule has 3 aliphatic rings. The number of fused-ring (bicyclic) bond motifs is 1. The lowest BCUT2D eigenvalue weighted by Crippen LogP contribution is -2.58. The van der Waals surface area contributed by atoms with Gasteiger partial charge < -0.3 is 14.8 Å². The zero-order valence-corrected chi connectivity index (χ0v) is 17.2. The Balaban J connectivity index is 1.71. The predicted octanol–water partition coefficient (Wildman–Crippen LogP) is 4.49. The van der Waals surface area contributed by atoms with Crippen LogP contribution in [0, 0.1) is 22.7 Å². The molecule has 1 amide bonds. The Kier molecular flexibility index (Phi) is 4.53. The molecule has 0 unspecified atom stereocenters. The summed E-state index contributed by atoms with van der Waals surface area (Å²) in [4.78, 5) is 12.0. The van der Waals surface area contributed by atoms with Crippen molar-refractivity contribution in [1.29, 1.82) is 0 Å². The van der Waals surface area contributed by atoms with Crippen molar-refractivity contribution < 1.29 is 14.3 Å². The van der Waals surface area contributed by atoms with Crippen molar-refractivity contribution in [1.82, 2.24) is 5.32 Å². The Morgan fingerprint density at radius 3 is 2.74 bits per heavy atom. The van der Waals surface area contributed by atoms with E-state index in [0.29, 0.717) is 11.8 Å². The topological polar surface area (TPSA) is 47.6 Å². The SMILES string of the molecule is CC(=O)N[C@@H]1C(C)(C)[C@@H]2C[C@@H]3[C@@H](c4ccccc4OC(C)C)OCC[C@@]31C2. The molecule has 27 heavy (non-hydrogen) atoms. The van der Waals surface area contributed by atoms with Crippen LogP contribution in [0.3, 0.4) is 0 Å². The van der Waals surface area contributed by atoms with Crippen LogP contribution in [-0.4, -0.2) is 24.7 Å². The van der Waals surface area contributed by atoms with Crippen molar-refractivity contribution in [3.05, 3.63) is 29.8 Å². The monoisotopic (exact) mass is 371 g/mol. The van der Waals surface area contributed by atoms with Gasteiger partial charge in [0.2, 0.25) is 5.91 Å². The van der Waals surface area contributed by atoms with Gasteiger partial charge in [0.1, 0.15) is 5.75 Å². The van der Waals surface area contributed by atoms with Gasteiger partial charge in [0.05, 0.1) is 12.2 Å². The molecule has 148 valence electrons. The molecule has 1 heterocycles. The predicted molar refractivity (Wildman–Crippen MR) is 106 cm³/mol. The Morgan fingerprint density at radius 1 is 1.30 bits per heavy atom. The van der Waals surface area contributed by atoms with Gasteiger partial charge in [-0.15, -0.1) is 0 Å². The largest absolute Gasteiger partial charge is 0.491 e. The van der Waals surface area contributed by atoms with E-state index in [0.717, 1.165) is 18.8 Å². The van der Waals surface area contributed by atoms with Crippen LogP contribution in [0.2, 0.25) is 0 Å². The lowest BCUT2D eigenvalue weighted by Gasteiger charge is -2.53. The third kappa shape index (κ3) is 2.88. The number of carbonyl (C=O) groups excluding carboxylic acids is 1. The molecule has 1 aromatic rings. The van der Waals surface area contributed by atoms with Gasteiger partial charge in [0, 0.05) is 25.1 Å². The fraction of sp³-hybridized carbons (Fsp3) is 0.696. The number of amides is 1. The molecule has 1 saturated heterocycles. The highest BCUT2D eigenvalue weighted by Crippen LogP contribution is 2.70. The van der Waals surface area contributed by atoms with Crippen LogP contribution in [0.25, 0.3) is 0 Å². The molecule has 2 aliphatic carbocycles. The number of nitrogens with one attached hydrogen (secondary N) is 1. The van der Waals surface area contributed by atoms with Crippen molar-refractivity contribution in [3.63, 3.8) is 0 Å². The van der Waals surface area contributed by atoms with E-state index < -0.39 is 0 Å². The number of hydrogen-bond donors (Lipinski definition) is 1. The van der Waals surface area contributed by atoms with E-state index in [1.54, 1.807) is 6.92 Å². The van der Waals surface area contributed by atoms with Gasteiger partial charge in [-0.1, -0.05) is 32.0 Å². The van der Waals surface area contributed by atoms with Gasteiger partial charge in [-0.3, -0.25) is 4.79 Å². The lowest BCUT2D eigenvalue weighted by molar-refractivity contribution is -0.136. The van der Waals surface area contributed by atoms with E-state index in [1.807, 2.05) is 6.07 Å². The molecule has 4 rings (SSSR count). The van der Waals surface area contributed by atoms with Gasteiger partial charge in [-0.05, 0) is 61.8 Å². The number of carbonyl (C=O) groups is 1. The number of benzene rings is 1. The molecule has 5 atom stereocenters. The van der Waals surface area contributed by atoms with Crippen LogP contribution >= 0.6 is 0 Å². The normalized spacial score (nSPS) is 36.5. The van der Waals surface area contributed by atoms with Crippen LogP contribution in [0.5, 0.6) is 5.75 Å². The molecule has 4 nitrogen and oxygen atoms in total. The average molecular weight is 372 g/mol. The van der Waals surface area contributed by atoms with E-state index in [1.165, 1.54) is 18.4 Å². The van der Waals surface area contributed by atoms with Crippen molar-refractivity contribution in [2.24, 2.45) is 22.7 Å². The Morgan fingerprint density at radius 2 is 2.04 bits per heavy atom. The maximum absolute atomic E-state index is 12.0. The van der Waals surface area contributed by atoms with E-state index in [-0.39, 0.29) is 35.0 Å². The van der Waals surface area contributed by atoms with Crippen LogP contribution in [-0.2, 0) is 9.53 Å². The van der Waals surface area contributed by atoms with Crippen LogP contribution in [0.15, 0.2) is 24.3 Å². The van der Waals surface area contributed by atoms with Crippen molar-refractivity contribution in [3.8, 4) is 5.75 Å². The Hall–Kier alpha value is -1.55. The zero-order valence-electron chi connectivity index (χ0n) is 17.2. The first kappa shape index (κ1) is 18.8. The second-order valence-electron chi connectivity index (χ2n) is 9.68. The van der Waals surface area contributed by atoms with Gasteiger partial charge >= 0.3 is 0 Å². The summed E-state index contributed by atoms with van der Waals surface area (Å²) in [6.07, 6.45) is 3.58. The summed E-state index contributed by atoms with van der Waals surface area (Å²) < 4.78 is 12.5. The molecule has 1 aromatic carbocycles. The van der Waals surface area contributed by atoms with E-state index in [9.17, 15) is 4.79 Å². The van der Waals surface area contributed by atoms with Crippen LogP contribution in [0.4, 0.5) is 0 Å². The zero-order chi connectivity index (χ0) is 19.4. The molecule has 0 aromatic heterocycles. The molecule has 1 spiro atoms. The standard InChI is InChI=1S/C23H33NO3/c1-14(2)27-19-9-7-6-8-17(19)20-18-12-16-13-23(18,10-11-26-20)21(22(16,4)5)24-15(3)25/h6-9,14,16,18,20-21H,10-13H2,1-5H3,(H,24,25)/t16-,18-,20-,21-,23-/m1/s1. The summed E-state index contributed by atoms with van der Waals surface area (Å²) in [6.45, 7) is 11.2. The molecular formula is C23H33NO3. The van der Waals surface area contributed by atoms with Crippen LogP contribution < -0.4 is 10.1 Å². The summed E-state index contributed by atoms with van der Waals surface area (Å²) in [5.74, 6) is 2.08. The van der Waals surface area contributed by atoms with Gasteiger partial charge in [-0.25, -0.2) is 0 Å². The Labute approximate surface area is 163 Å². The highest BCUT2D eigenvalue weighted by atomic mass is 16.5. The van der Waals surface area contributed by atoms with Gasteiger partial charge in [0.25, 0.3) is 0 Å². The lowest BCUT2D eigenvalue weighted by atomic mass is 9.58. The van der Waals surface area contributed by atoms with E-state index >= 15 is 0 Å². The molecule has 1 N–H and O–H groups in total. The van der Waals surface area contributed by atoms with Crippen molar-refractivity contribution in [2.75, 3.05) is 6.61 Å². The second kappa shape index (κ2) is 6.51. The molecule has 0 radical (unpaired) electrons. The first-order valence-electron chi connectivity index (χ1n) is 10.4. The summed E-state index contributed by atoms with van der Waals surface area (Å²) in [5.41, 5.74) is 1.44. The summed E-state index contributed by atoms with van der Waals surface area (Å²) in [5, 5.41) is 3.35. The minimum atomic E-state index is 0.0473. The smallest absolute Gasteiger partial charge is 0.217 e. The third-order valence-electron chi connectivity index (χ3n) is 7.44. The number of rotatable bonds is 4. The fourth-order valence-electron chi connectivity index (χ4n) is 6.38. The average Bonchev–Trinajstić information content (AvgIpc) is 3.08. The van der Waals surface area contributed by atoms with E-state index in [4.69, 9.17) is 9.47 Å². The number of ether oxygens (including phenoxy) is 2.